The molecule has 0 amide bonds. The van der Waals surface area contributed by atoms with Gasteiger partial charge in [-0.05, 0) is 40.5 Å². The van der Waals surface area contributed by atoms with Gasteiger partial charge in [0.25, 0.3) is 0 Å². The summed E-state index contributed by atoms with van der Waals surface area (Å²) in [6.07, 6.45) is 0. The number of aryl methyl sites for hydroxylation is 1. The standard InChI is InChI=1S/C13H14BrN3O2/c1-7-4-10-11(19-3-2-18-10)5-8(7)12-9(6-15)16-13(14)17-12/h4-5H,2-3,6,15H2,1H3,(H,16,17). The van der Waals surface area contributed by atoms with Gasteiger partial charge in [0.1, 0.15) is 13.2 Å². The van der Waals surface area contributed by atoms with E-state index in [1.807, 2.05) is 19.1 Å². The van der Waals surface area contributed by atoms with E-state index in [1.54, 1.807) is 0 Å². The van der Waals surface area contributed by atoms with Crippen LogP contribution in [-0.2, 0) is 6.54 Å². The minimum Gasteiger partial charge on any atom is -0.486 e. The van der Waals surface area contributed by atoms with Crippen molar-refractivity contribution in [3.05, 3.63) is 28.1 Å². The van der Waals surface area contributed by atoms with Crippen LogP contribution < -0.4 is 15.2 Å². The highest BCUT2D eigenvalue weighted by Crippen LogP contribution is 2.37. The van der Waals surface area contributed by atoms with Crippen LogP contribution in [-0.4, -0.2) is 23.2 Å². The zero-order valence-corrected chi connectivity index (χ0v) is 12.1. The van der Waals surface area contributed by atoms with Crippen LogP contribution in [0.3, 0.4) is 0 Å². The summed E-state index contributed by atoms with van der Waals surface area (Å²) in [6.45, 7) is 3.59. The predicted octanol–water partition coefficient (Wildman–Crippen LogP) is 2.38. The Bertz CT molecular complexity index is 625. The van der Waals surface area contributed by atoms with E-state index in [1.165, 1.54) is 0 Å². The highest BCUT2D eigenvalue weighted by atomic mass is 79.9. The van der Waals surface area contributed by atoms with Crippen molar-refractivity contribution in [2.75, 3.05) is 13.2 Å². The minimum atomic E-state index is 0.405. The third-order valence-electron chi connectivity index (χ3n) is 3.10. The molecule has 1 aliphatic heterocycles. The first-order valence-electron chi connectivity index (χ1n) is 6.04. The predicted molar refractivity (Wildman–Crippen MR) is 75.3 cm³/mol. The maximum atomic E-state index is 5.74. The first kappa shape index (κ1) is 12.5. The van der Waals surface area contributed by atoms with E-state index in [2.05, 4.69) is 25.9 Å². The van der Waals surface area contributed by atoms with E-state index >= 15 is 0 Å². The molecular weight excluding hydrogens is 310 g/mol. The molecule has 0 bridgehead atoms. The molecule has 19 heavy (non-hydrogen) atoms. The molecule has 6 heteroatoms. The van der Waals surface area contributed by atoms with Crippen LogP contribution in [0.1, 0.15) is 11.3 Å². The van der Waals surface area contributed by atoms with Gasteiger partial charge in [-0.2, -0.15) is 0 Å². The molecule has 3 rings (SSSR count). The Kier molecular flexibility index (Phi) is 3.20. The maximum absolute atomic E-state index is 5.74. The fourth-order valence-corrected chi connectivity index (χ4v) is 2.61. The molecule has 0 spiro atoms. The van der Waals surface area contributed by atoms with Crippen molar-refractivity contribution in [2.45, 2.75) is 13.5 Å². The smallest absolute Gasteiger partial charge is 0.175 e. The van der Waals surface area contributed by atoms with Crippen molar-refractivity contribution >= 4 is 15.9 Å². The lowest BCUT2D eigenvalue weighted by atomic mass is 10.0. The molecule has 0 saturated carbocycles. The lowest BCUT2D eigenvalue weighted by molar-refractivity contribution is 0.171. The van der Waals surface area contributed by atoms with Crippen LogP contribution in [0.15, 0.2) is 16.9 Å². The summed E-state index contributed by atoms with van der Waals surface area (Å²) in [6, 6.07) is 3.94. The fourth-order valence-electron chi connectivity index (χ4n) is 2.19. The van der Waals surface area contributed by atoms with Gasteiger partial charge >= 0.3 is 0 Å². The Balaban J connectivity index is 2.14. The highest BCUT2D eigenvalue weighted by Gasteiger charge is 2.18. The lowest BCUT2D eigenvalue weighted by Gasteiger charge is -2.20. The zero-order valence-electron chi connectivity index (χ0n) is 10.5. The van der Waals surface area contributed by atoms with Crippen molar-refractivity contribution in [3.8, 4) is 22.8 Å². The first-order valence-corrected chi connectivity index (χ1v) is 6.83. The molecule has 2 heterocycles. The third-order valence-corrected chi connectivity index (χ3v) is 3.47. The van der Waals surface area contributed by atoms with Crippen molar-refractivity contribution in [3.63, 3.8) is 0 Å². The quantitative estimate of drug-likeness (QED) is 0.889. The van der Waals surface area contributed by atoms with E-state index in [4.69, 9.17) is 15.2 Å². The van der Waals surface area contributed by atoms with Crippen molar-refractivity contribution < 1.29 is 9.47 Å². The molecule has 0 radical (unpaired) electrons. The largest absolute Gasteiger partial charge is 0.486 e. The van der Waals surface area contributed by atoms with E-state index in [0.29, 0.717) is 24.5 Å². The van der Waals surface area contributed by atoms with Crippen LogP contribution in [0.4, 0.5) is 0 Å². The summed E-state index contributed by atoms with van der Waals surface area (Å²) in [5.41, 5.74) is 9.57. The van der Waals surface area contributed by atoms with Gasteiger partial charge < -0.3 is 20.2 Å². The number of aromatic nitrogens is 2. The topological polar surface area (TPSA) is 73.2 Å². The Morgan fingerprint density at radius 2 is 2.00 bits per heavy atom. The third kappa shape index (κ3) is 2.21. The molecule has 1 aromatic heterocycles. The van der Waals surface area contributed by atoms with E-state index < -0.39 is 0 Å². The number of halogens is 1. The SMILES string of the molecule is Cc1cc2c(cc1-c1nc(Br)[nH]c1CN)OCCO2. The molecule has 1 aliphatic rings. The number of nitrogens with two attached hydrogens (primary N) is 1. The molecule has 0 aliphatic carbocycles. The number of nitrogens with one attached hydrogen (secondary N) is 1. The molecule has 0 saturated heterocycles. The number of hydrogen-bond acceptors (Lipinski definition) is 4. The monoisotopic (exact) mass is 323 g/mol. The number of imidazole rings is 1. The number of rotatable bonds is 2. The van der Waals surface area contributed by atoms with E-state index in [9.17, 15) is 0 Å². The van der Waals surface area contributed by atoms with Crippen LogP contribution >= 0.6 is 15.9 Å². The van der Waals surface area contributed by atoms with Crippen molar-refractivity contribution in [1.29, 1.82) is 0 Å². The molecule has 5 nitrogen and oxygen atoms in total. The average molecular weight is 324 g/mol. The van der Waals surface area contributed by atoms with Gasteiger partial charge in [-0.3, -0.25) is 0 Å². The molecule has 0 unspecified atom stereocenters. The van der Waals surface area contributed by atoms with Gasteiger partial charge in [0.15, 0.2) is 16.2 Å². The molecule has 0 fully saturated rings. The van der Waals surface area contributed by atoms with Gasteiger partial charge in [0, 0.05) is 12.1 Å². The molecule has 3 N–H and O–H groups in total. The second-order valence-corrected chi connectivity index (χ2v) is 5.12. The fraction of sp³-hybridized carbons (Fsp3) is 0.308. The van der Waals surface area contributed by atoms with Gasteiger partial charge in [0.05, 0.1) is 11.4 Å². The van der Waals surface area contributed by atoms with E-state index in [-0.39, 0.29) is 0 Å². The van der Waals surface area contributed by atoms with Gasteiger partial charge in [-0.15, -0.1) is 0 Å². The molecule has 1 aromatic carbocycles. The van der Waals surface area contributed by atoms with Gasteiger partial charge in [0.2, 0.25) is 0 Å². The van der Waals surface area contributed by atoms with Crippen LogP contribution in [0, 0.1) is 6.92 Å². The van der Waals surface area contributed by atoms with Crippen LogP contribution in [0.2, 0.25) is 0 Å². The Morgan fingerprint density at radius 1 is 1.32 bits per heavy atom. The number of benzene rings is 1. The summed E-state index contributed by atoms with van der Waals surface area (Å²) >= 11 is 3.34. The summed E-state index contributed by atoms with van der Waals surface area (Å²) in [5.74, 6) is 1.55. The number of ether oxygens (including phenoxy) is 2. The highest BCUT2D eigenvalue weighted by molar-refractivity contribution is 9.10. The maximum Gasteiger partial charge on any atom is 0.175 e. The number of fused-ring (bicyclic) bond motifs is 1. The van der Waals surface area contributed by atoms with Crippen LogP contribution in [0.25, 0.3) is 11.3 Å². The molecule has 100 valence electrons. The average Bonchev–Trinajstić information content (AvgIpc) is 2.79. The number of hydrogen-bond donors (Lipinski definition) is 2. The molecular formula is C13H14BrN3O2. The summed E-state index contributed by atoms with van der Waals surface area (Å²) in [4.78, 5) is 7.55. The Hall–Kier alpha value is -1.53. The zero-order chi connectivity index (χ0) is 13.4. The second-order valence-electron chi connectivity index (χ2n) is 4.37. The summed E-state index contributed by atoms with van der Waals surface area (Å²) < 4.78 is 11.9. The molecule has 2 aromatic rings. The number of aromatic amines is 1. The van der Waals surface area contributed by atoms with Gasteiger partial charge in [-0.1, -0.05) is 0 Å². The lowest BCUT2D eigenvalue weighted by Crippen LogP contribution is -2.15. The van der Waals surface area contributed by atoms with Crippen LogP contribution in [0.5, 0.6) is 11.5 Å². The Labute approximate surface area is 119 Å². The number of H-pyrrole nitrogens is 1. The first-order chi connectivity index (χ1) is 9.19. The van der Waals surface area contributed by atoms with Crippen molar-refractivity contribution in [2.24, 2.45) is 5.73 Å². The number of nitrogens with zero attached hydrogens (tertiary/aromatic N) is 1. The summed E-state index contributed by atoms with van der Waals surface area (Å²) in [7, 11) is 0. The van der Waals surface area contributed by atoms with Gasteiger partial charge in [-0.25, -0.2) is 4.98 Å². The van der Waals surface area contributed by atoms with Crippen molar-refractivity contribution in [1.82, 2.24) is 9.97 Å². The Morgan fingerprint density at radius 3 is 2.68 bits per heavy atom. The van der Waals surface area contributed by atoms with E-state index in [0.717, 1.165) is 34.0 Å². The molecule has 0 atom stereocenters. The normalized spacial score (nSPS) is 13.6. The minimum absolute atomic E-state index is 0.405. The summed E-state index contributed by atoms with van der Waals surface area (Å²) in [5, 5.41) is 0. The second kappa shape index (κ2) is 4.86.